The van der Waals surface area contributed by atoms with Gasteiger partial charge in [-0.1, -0.05) is 23.2 Å². The van der Waals surface area contributed by atoms with E-state index in [0.29, 0.717) is 0 Å². The molecule has 66 valence electrons. The summed E-state index contributed by atoms with van der Waals surface area (Å²) in [7, 11) is 0. The lowest BCUT2D eigenvalue weighted by atomic mass is 10.3. The van der Waals surface area contributed by atoms with Gasteiger partial charge in [0.05, 0.1) is 5.02 Å². The van der Waals surface area contributed by atoms with E-state index in [9.17, 15) is 4.79 Å². The van der Waals surface area contributed by atoms with E-state index in [-0.39, 0.29) is 28.1 Å². The molecule has 1 heterocycles. The van der Waals surface area contributed by atoms with E-state index < -0.39 is 5.97 Å². The van der Waals surface area contributed by atoms with Crippen molar-refractivity contribution >= 4 is 41.6 Å². The molecule has 0 saturated heterocycles. The zero-order valence-electron chi connectivity index (χ0n) is 5.62. The third kappa shape index (κ3) is 2.24. The Morgan fingerprint density at radius 2 is 2.08 bits per heavy atom. The zero-order valence-corrected chi connectivity index (χ0v) is 7.95. The number of aromatic nitrogens is 1. The molecule has 0 aliphatic heterocycles. The molecule has 1 aromatic heterocycles. The summed E-state index contributed by atoms with van der Waals surface area (Å²) in [6.45, 7) is 0. The van der Waals surface area contributed by atoms with E-state index in [1.807, 2.05) is 0 Å². The lowest BCUT2D eigenvalue weighted by molar-refractivity contribution is 0.0697. The summed E-state index contributed by atoms with van der Waals surface area (Å²) in [5.41, 5.74) is -0.157. The number of aromatic carboxylic acids is 1. The van der Waals surface area contributed by atoms with Crippen LogP contribution in [-0.4, -0.2) is 16.1 Å². The van der Waals surface area contributed by atoms with Crippen molar-refractivity contribution in [2.45, 2.75) is 0 Å². The van der Waals surface area contributed by atoms with Crippen LogP contribution in [-0.2, 0) is 0 Å². The average molecular weight is 228 g/mol. The van der Waals surface area contributed by atoms with Crippen LogP contribution in [0.25, 0.3) is 0 Å². The quantitative estimate of drug-likeness (QED) is 0.751. The Balaban J connectivity index is 0.00000121. The number of hydrogen-bond acceptors (Lipinski definition) is 2. The highest BCUT2D eigenvalue weighted by Crippen LogP contribution is 2.21. The highest BCUT2D eigenvalue weighted by molar-refractivity contribution is 6.38. The number of carbonyl (C=O) groups is 1. The molecule has 0 radical (unpaired) electrons. The Morgan fingerprint density at radius 1 is 1.50 bits per heavy atom. The molecular formula is C6H4Cl3NO2. The molecule has 0 amide bonds. The normalized spacial score (nSPS) is 8.83. The summed E-state index contributed by atoms with van der Waals surface area (Å²) in [5.74, 6) is -1.17. The van der Waals surface area contributed by atoms with Gasteiger partial charge in [-0.05, 0) is 6.07 Å². The van der Waals surface area contributed by atoms with E-state index in [4.69, 9.17) is 28.3 Å². The van der Waals surface area contributed by atoms with Gasteiger partial charge in [0, 0.05) is 6.20 Å². The molecule has 1 N–H and O–H groups in total. The molecule has 0 saturated carbocycles. The smallest absolute Gasteiger partial charge is 0.340 e. The number of carboxylic acid groups (broad SMARTS) is 1. The van der Waals surface area contributed by atoms with Gasteiger partial charge in [0.25, 0.3) is 0 Å². The fourth-order valence-electron chi connectivity index (χ4n) is 0.605. The molecule has 0 aromatic carbocycles. The van der Waals surface area contributed by atoms with Gasteiger partial charge >= 0.3 is 5.97 Å². The molecule has 0 atom stereocenters. The number of pyridine rings is 1. The van der Waals surface area contributed by atoms with Crippen molar-refractivity contribution in [3.8, 4) is 0 Å². The van der Waals surface area contributed by atoms with Crippen molar-refractivity contribution in [2.24, 2.45) is 0 Å². The molecule has 0 spiro atoms. The van der Waals surface area contributed by atoms with Crippen LogP contribution in [0.4, 0.5) is 0 Å². The summed E-state index contributed by atoms with van der Waals surface area (Å²) in [4.78, 5) is 14.0. The maximum Gasteiger partial charge on any atom is 0.340 e. The number of carboxylic acids is 1. The van der Waals surface area contributed by atoms with Gasteiger partial charge in [0.15, 0.2) is 0 Å². The second-order valence-electron chi connectivity index (χ2n) is 1.76. The van der Waals surface area contributed by atoms with Crippen molar-refractivity contribution < 1.29 is 9.90 Å². The predicted molar refractivity (Wildman–Crippen MR) is 48.5 cm³/mol. The second-order valence-corrected chi connectivity index (χ2v) is 2.53. The maximum atomic E-state index is 10.4. The van der Waals surface area contributed by atoms with Crippen molar-refractivity contribution in [1.82, 2.24) is 4.98 Å². The standard InChI is InChI=1S/C6H3Cl2NO2.ClH/c7-3-1-2-9-5(8)4(3)6(10)11;/h1-2H,(H,10,11);1H. The highest BCUT2D eigenvalue weighted by Gasteiger charge is 2.13. The van der Waals surface area contributed by atoms with Gasteiger partial charge in [-0.15, -0.1) is 12.4 Å². The van der Waals surface area contributed by atoms with Crippen LogP contribution in [0.1, 0.15) is 10.4 Å². The fourth-order valence-corrected chi connectivity index (χ4v) is 1.12. The van der Waals surface area contributed by atoms with Crippen LogP contribution in [0.5, 0.6) is 0 Å². The number of nitrogens with zero attached hydrogens (tertiary/aromatic N) is 1. The Hall–Kier alpha value is -0.510. The molecule has 0 fully saturated rings. The van der Waals surface area contributed by atoms with Crippen LogP contribution >= 0.6 is 35.6 Å². The van der Waals surface area contributed by atoms with E-state index in [0.717, 1.165) is 0 Å². The van der Waals surface area contributed by atoms with E-state index in [1.165, 1.54) is 12.3 Å². The Bertz CT molecular complexity index is 283. The molecule has 0 aliphatic carbocycles. The minimum Gasteiger partial charge on any atom is -0.478 e. The van der Waals surface area contributed by atoms with Gasteiger partial charge in [0.1, 0.15) is 10.7 Å². The van der Waals surface area contributed by atoms with Crippen molar-refractivity contribution in [3.63, 3.8) is 0 Å². The SMILES string of the molecule is Cl.O=C(O)c1c(Cl)ccnc1Cl. The van der Waals surface area contributed by atoms with Crippen LogP contribution < -0.4 is 0 Å². The van der Waals surface area contributed by atoms with Crippen LogP contribution in [0.3, 0.4) is 0 Å². The summed E-state index contributed by atoms with van der Waals surface area (Å²) in [5, 5.41) is 8.54. The predicted octanol–water partition coefficient (Wildman–Crippen LogP) is 2.51. The molecular weight excluding hydrogens is 224 g/mol. The highest BCUT2D eigenvalue weighted by atomic mass is 35.5. The zero-order chi connectivity index (χ0) is 8.43. The van der Waals surface area contributed by atoms with Crippen molar-refractivity contribution in [1.29, 1.82) is 0 Å². The van der Waals surface area contributed by atoms with Crippen LogP contribution in [0.15, 0.2) is 12.3 Å². The molecule has 0 unspecified atom stereocenters. The minimum absolute atomic E-state index is 0. The van der Waals surface area contributed by atoms with Crippen LogP contribution in [0.2, 0.25) is 10.2 Å². The largest absolute Gasteiger partial charge is 0.478 e. The Kier molecular flexibility index (Phi) is 4.31. The monoisotopic (exact) mass is 227 g/mol. The fraction of sp³-hybridized carbons (Fsp3) is 0. The first kappa shape index (κ1) is 11.5. The van der Waals surface area contributed by atoms with Gasteiger partial charge < -0.3 is 5.11 Å². The molecule has 0 aliphatic rings. The van der Waals surface area contributed by atoms with Gasteiger partial charge in [-0.3, -0.25) is 0 Å². The number of hydrogen-bond donors (Lipinski definition) is 1. The van der Waals surface area contributed by atoms with Gasteiger partial charge in [-0.25, -0.2) is 9.78 Å². The molecule has 0 bridgehead atoms. The Labute approximate surface area is 84.7 Å². The molecule has 1 aromatic rings. The third-order valence-corrected chi connectivity index (χ3v) is 1.67. The first-order chi connectivity index (χ1) is 5.13. The molecule has 1 rings (SSSR count). The van der Waals surface area contributed by atoms with Crippen molar-refractivity contribution in [2.75, 3.05) is 0 Å². The summed E-state index contributed by atoms with van der Waals surface area (Å²) in [6, 6.07) is 1.37. The van der Waals surface area contributed by atoms with E-state index >= 15 is 0 Å². The van der Waals surface area contributed by atoms with E-state index in [1.54, 1.807) is 0 Å². The molecule has 6 heteroatoms. The minimum atomic E-state index is -1.17. The average Bonchev–Trinajstić information content (AvgIpc) is 1.85. The lowest BCUT2D eigenvalue weighted by Gasteiger charge is -1.97. The topological polar surface area (TPSA) is 50.2 Å². The van der Waals surface area contributed by atoms with Gasteiger partial charge in [0.2, 0.25) is 0 Å². The summed E-state index contributed by atoms with van der Waals surface area (Å²) in [6.07, 6.45) is 1.34. The van der Waals surface area contributed by atoms with Crippen LogP contribution in [0, 0.1) is 0 Å². The van der Waals surface area contributed by atoms with Crippen molar-refractivity contribution in [3.05, 3.63) is 28.0 Å². The first-order valence-electron chi connectivity index (χ1n) is 2.66. The lowest BCUT2D eigenvalue weighted by Crippen LogP contribution is -1.99. The van der Waals surface area contributed by atoms with Gasteiger partial charge in [-0.2, -0.15) is 0 Å². The molecule has 12 heavy (non-hydrogen) atoms. The number of halogens is 3. The summed E-state index contributed by atoms with van der Waals surface area (Å²) < 4.78 is 0. The number of rotatable bonds is 1. The second kappa shape index (κ2) is 4.50. The van der Waals surface area contributed by atoms with E-state index in [2.05, 4.69) is 4.98 Å². The maximum absolute atomic E-state index is 10.4. The Morgan fingerprint density at radius 3 is 2.42 bits per heavy atom. The first-order valence-corrected chi connectivity index (χ1v) is 3.42. The third-order valence-electron chi connectivity index (χ3n) is 1.07. The summed E-state index contributed by atoms with van der Waals surface area (Å²) >= 11 is 11.0. The molecule has 3 nitrogen and oxygen atoms in total.